The Balaban J connectivity index is 1.16. The van der Waals surface area contributed by atoms with Crippen molar-refractivity contribution in [2.45, 2.75) is 165 Å². The van der Waals surface area contributed by atoms with Crippen molar-refractivity contribution >= 4 is 64.3 Å². The van der Waals surface area contributed by atoms with Crippen LogP contribution in [0.1, 0.15) is 128 Å². The summed E-state index contributed by atoms with van der Waals surface area (Å²) < 4.78 is 0. The van der Waals surface area contributed by atoms with Crippen molar-refractivity contribution in [2.75, 3.05) is 0 Å². The number of benzene rings is 4. The van der Waals surface area contributed by atoms with E-state index in [1.54, 1.807) is 32.2 Å². The molecule has 254 valence electrons. The number of hydrogen-bond acceptors (Lipinski definition) is 0. The summed E-state index contributed by atoms with van der Waals surface area (Å²) in [5.41, 5.74) is 6.45. The minimum Gasteiger partial charge on any atom is -0.0795 e. The predicted molar refractivity (Wildman–Crippen MR) is 222 cm³/mol. The zero-order chi connectivity index (χ0) is 33.0. The third-order valence-electron chi connectivity index (χ3n) is 15.1. The highest BCUT2D eigenvalue weighted by molar-refractivity contribution is 7.03. The van der Waals surface area contributed by atoms with Gasteiger partial charge in [-0.3, -0.25) is 0 Å². The van der Waals surface area contributed by atoms with E-state index in [1.165, 1.54) is 150 Å². The van der Waals surface area contributed by atoms with Gasteiger partial charge in [0.15, 0.2) is 13.4 Å². The summed E-state index contributed by atoms with van der Waals surface area (Å²) >= 11 is 0. The molecule has 0 amide bonds. The van der Waals surface area contributed by atoms with Crippen LogP contribution in [0.2, 0.25) is 36.4 Å². The molecule has 4 aromatic rings. The van der Waals surface area contributed by atoms with Gasteiger partial charge in [-0.05, 0) is 49.1 Å². The van der Waals surface area contributed by atoms with Crippen molar-refractivity contribution in [1.82, 2.24) is 0 Å². The van der Waals surface area contributed by atoms with Crippen LogP contribution < -0.4 is 21.3 Å². The molecule has 4 saturated carbocycles. The van der Waals surface area contributed by atoms with E-state index in [4.69, 9.17) is 0 Å². The SMILES string of the molecule is C[Si]1(C)c2cc(B(C3CCCCC3)C3CCCCC3)ccc2-c2cc3ccc(B(C4CCCCC4)C4CCCCC4)cc3c3cccc1c23. The first-order valence-corrected chi connectivity index (χ1v) is 24.2. The minimum absolute atomic E-state index is 0.752. The zero-order valence-corrected chi connectivity index (χ0v) is 31.9. The van der Waals surface area contributed by atoms with Gasteiger partial charge in [0.25, 0.3) is 0 Å². The fraction of sp³-hybridized carbons (Fsp3) is 0.565. The summed E-state index contributed by atoms with van der Waals surface area (Å²) in [6.45, 7) is 6.87. The average Bonchev–Trinajstić information content (AvgIpc) is 3.16. The lowest BCUT2D eigenvalue weighted by atomic mass is 9.27. The minimum atomic E-state index is -1.91. The van der Waals surface area contributed by atoms with Crippen molar-refractivity contribution in [3.8, 4) is 11.1 Å². The molecule has 0 radical (unpaired) electrons. The Morgan fingerprint density at radius 2 is 0.939 bits per heavy atom. The summed E-state index contributed by atoms with van der Waals surface area (Å²) in [5.74, 6) is 3.55. The molecule has 1 heterocycles. The molecule has 4 fully saturated rings. The van der Waals surface area contributed by atoms with E-state index in [9.17, 15) is 0 Å². The van der Waals surface area contributed by atoms with Gasteiger partial charge in [-0.15, -0.1) is 0 Å². The highest BCUT2D eigenvalue weighted by atomic mass is 28.3. The summed E-state index contributed by atoms with van der Waals surface area (Å²) in [6, 6.07) is 25.9. The Kier molecular flexibility index (Phi) is 9.13. The molecule has 9 rings (SSSR count). The van der Waals surface area contributed by atoms with Crippen molar-refractivity contribution in [3.63, 3.8) is 0 Å². The Morgan fingerprint density at radius 1 is 0.449 bits per heavy atom. The maximum Gasteiger partial charge on any atom is 0.182 e. The first-order chi connectivity index (χ1) is 24.1. The summed E-state index contributed by atoms with van der Waals surface area (Å²) in [6.07, 6.45) is 29.0. The highest BCUT2D eigenvalue weighted by Gasteiger charge is 2.41. The lowest BCUT2D eigenvalue weighted by molar-refractivity contribution is 0.465. The highest BCUT2D eigenvalue weighted by Crippen LogP contribution is 2.44. The van der Waals surface area contributed by atoms with Crippen LogP contribution in [0.15, 0.2) is 60.7 Å². The predicted octanol–water partition coefficient (Wildman–Crippen LogP) is 11.5. The number of fused-ring (bicyclic) bond motifs is 4. The van der Waals surface area contributed by atoms with Crippen molar-refractivity contribution in [3.05, 3.63) is 60.7 Å². The van der Waals surface area contributed by atoms with E-state index < -0.39 is 8.07 Å². The maximum atomic E-state index is 2.80. The number of rotatable bonds is 6. The topological polar surface area (TPSA) is 0 Å². The first kappa shape index (κ1) is 32.6. The van der Waals surface area contributed by atoms with Gasteiger partial charge in [-0.25, -0.2) is 0 Å². The van der Waals surface area contributed by atoms with Gasteiger partial charge in [0.05, 0.1) is 0 Å². The lowest BCUT2D eigenvalue weighted by Gasteiger charge is -2.38. The molecule has 0 aromatic heterocycles. The smallest absolute Gasteiger partial charge is 0.0795 e. The number of hydrogen-bond donors (Lipinski definition) is 0. The van der Waals surface area contributed by atoms with Crippen LogP contribution in [0.3, 0.4) is 0 Å². The van der Waals surface area contributed by atoms with Gasteiger partial charge in [-0.2, -0.15) is 0 Å². The van der Waals surface area contributed by atoms with Crippen LogP contribution in [0.4, 0.5) is 0 Å². The molecule has 0 unspecified atom stereocenters. The van der Waals surface area contributed by atoms with Crippen LogP contribution >= 0.6 is 0 Å². The van der Waals surface area contributed by atoms with Crippen molar-refractivity contribution < 1.29 is 0 Å². The van der Waals surface area contributed by atoms with Gasteiger partial charge in [-0.1, -0.05) is 230 Å². The molecular formula is C46H60B2Si. The molecular weight excluding hydrogens is 602 g/mol. The maximum absolute atomic E-state index is 2.80. The molecule has 0 nitrogen and oxygen atoms in total. The van der Waals surface area contributed by atoms with E-state index in [0.717, 1.165) is 36.7 Å². The van der Waals surface area contributed by atoms with Gasteiger partial charge >= 0.3 is 0 Å². The normalized spacial score (nSPS) is 22.3. The third-order valence-corrected chi connectivity index (χ3v) is 18.6. The van der Waals surface area contributed by atoms with Crippen LogP contribution in [0.25, 0.3) is 32.7 Å². The first-order valence-electron chi connectivity index (χ1n) is 21.2. The molecule has 5 aliphatic rings. The molecule has 4 aromatic carbocycles. The Morgan fingerprint density at radius 3 is 1.47 bits per heavy atom. The summed E-state index contributed by atoms with van der Waals surface area (Å²) in [4.78, 5) is 0. The second kappa shape index (κ2) is 13.7. The van der Waals surface area contributed by atoms with E-state index in [0.29, 0.717) is 0 Å². The zero-order valence-electron chi connectivity index (χ0n) is 30.9. The molecule has 0 spiro atoms. The Labute approximate surface area is 299 Å². The van der Waals surface area contributed by atoms with Gasteiger partial charge in [0.2, 0.25) is 0 Å². The van der Waals surface area contributed by atoms with Crippen LogP contribution in [0.5, 0.6) is 0 Å². The molecule has 1 aliphatic heterocycles. The summed E-state index contributed by atoms with van der Waals surface area (Å²) in [7, 11) is -1.91. The average molecular weight is 663 g/mol. The van der Waals surface area contributed by atoms with Crippen LogP contribution in [-0.2, 0) is 0 Å². The fourth-order valence-electron chi connectivity index (χ4n) is 12.7. The molecule has 0 saturated heterocycles. The summed E-state index contributed by atoms with van der Waals surface area (Å²) in [5, 5.41) is 9.48. The van der Waals surface area contributed by atoms with Gasteiger partial charge in [0.1, 0.15) is 8.07 Å². The molecule has 3 heteroatoms. The van der Waals surface area contributed by atoms with E-state index in [1.807, 2.05) is 0 Å². The van der Waals surface area contributed by atoms with E-state index >= 15 is 0 Å². The monoisotopic (exact) mass is 662 g/mol. The van der Waals surface area contributed by atoms with Crippen molar-refractivity contribution in [1.29, 1.82) is 0 Å². The second-order valence-corrected chi connectivity index (χ2v) is 22.5. The van der Waals surface area contributed by atoms with Gasteiger partial charge in [0, 0.05) is 0 Å². The van der Waals surface area contributed by atoms with Crippen LogP contribution in [0, 0.1) is 0 Å². The Bertz CT molecular complexity index is 1760. The fourth-order valence-corrected chi connectivity index (χ4v) is 15.8. The second-order valence-electron chi connectivity index (χ2n) is 18.2. The van der Waals surface area contributed by atoms with Crippen LogP contribution in [-0.4, -0.2) is 21.5 Å². The Hall–Kier alpha value is -2.25. The van der Waals surface area contributed by atoms with Crippen molar-refractivity contribution in [2.24, 2.45) is 0 Å². The molecule has 0 atom stereocenters. The van der Waals surface area contributed by atoms with E-state index in [2.05, 4.69) is 73.8 Å². The third kappa shape index (κ3) is 5.91. The lowest BCUT2D eigenvalue weighted by Crippen LogP contribution is -2.57. The molecule has 0 bridgehead atoms. The largest absolute Gasteiger partial charge is 0.182 e. The quantitative estimate of drug-likeness (QED) is 0.142. The molecule has 0 N–H and O–H groups in total. The van der Waals surface area contributed by atoms with E-state index in [-0.39, 0.29) is 0 Å². The standard InChI is InChI=1S/C46H60B2Si/c1-49(2)44-25-15-24-41-42-31-38(47(34-16-7-3-8-17-34)35-18-9-4-10-19-35)27-26-33(42)30-43(46(41)44)40-29-28-39(32-45(40)49)48(36-20-11-5-12-21-36)37-22-13-6-14-23-37/h15,24-32,34-37H,3-14,16-23H2,1-2H3. The molecule has 4 aliphatic carbocycles. The van der Waals surface area contributed by atoms with Gasteiger partial charge < -0.3 is 0 Å². The molecule has 49 heavy (non-hydrogen) atoms.